The third-order valence-corrected chi connectivity index (χ3v) is 8.23. The van der Waals surface area contributed by atoms with Gasteiger partial charge in [0.05, 0.1) is 32.6 Å². The summed E-state index contributed by atoms with van der Waals surface area (Å²) < 4.78 is 68.4. The van der Waals surface area contributed by atoms with Crippen molar-refractivity contribution in [3.8, 4) is 23.5 Å². The average Bonchev–Trinajstić information content (AvgIpc) is 3.62. The Bertz CT molecular complexity index is 2090. The molecule has 1 aromatic heterocycles. The van der Waals surface area contributed by atoms with Crippen molar-refractivity contribution in [2.45, 2.75) is 121 Å². The van der Waals surface area contributed by atoms with E-state index in [0.717, 1.165) is 0 Å². The first-order chi connectivity index (χ1) is 27.5. The van der Waals surface area contributed by atoms with Gasteiger partial charge in [-0.1, -0.05) is 17.9 Å². The zero-order valence-corrected chi connectivity index (χ0v) is 32.9. The van der Waals surface area contributed by atoms with Crippen LogP contribution in [0, 0.1) is 40.4 Å². The van der Waals surface area contributed by atoms with Crippen LogP contribution in [0.15, 0.2) is 36.4 Å². The van der Waals surface area contributed by atoms with Gasteiger partial charge in [0.1, 0.15) is 18.5 Å². The molecule has 1 saturated heterocycles. The molecule has 0 aliphatic carbocycles. The second-order valence-corrected chi connectivity index (χ2v) is 16.4. The molecule has 298 valence electrons. The van der Waals surface area contributed by atoms with E-state index < -0.39 is 104 Å². The maximum Gasteiger partial charge on any atom is 0.311 e. The molecule has 4 rings (SSSR count). The van der Waals surface area contributed by atoms with Crippen molar-refractivity contribution in [3.63, 3.8) is 0 Å². The number of aromatic amines is 1. The predicted molar refractivity (Wildman–Crippen MR) is 203 cm³/mol. The number of carbonyl (C=O) groups excluding carboxylic acids is 4. The average molecular weight is 767 g/mol. The highest BCUT2D eigenvalue weighted by Gasteiger charge is 2.56. The molecule has 1 fully saturated rings. The number of nitrogens with zero attached hydrogens (tertiary/aromatic N) is 1. The predicted octanol–water partition coefficient (Wildman–Crippen LogP) is 6.54. The lowest BCUT2D eigenvalue weighted by Gasteiger charge is -2.45. The third-order valence-electron chi connectivity index (χ3n) is 8.23. The number of aromatic hydroxyl groups is 1. The van der Waals surface area contributed by atoms with Crippen molar-refractivity contribution >= 4 is 34.8 Å². The van der Waals surface area contributed by atoms with Crippen molar-refractivity contribution < 1.29 is 58.2 Å². The minimum atomic E-state index is -1.74. The molecule has 1 aliphatic rings. The molecule has 3 aromatic rings. The lowest BCUT2D eigenvalue weighted by Crippen LogP contribution is -2.65. The van der Waals surface area contributed by atoms with Crippen LogP contribution in [0.2, 0.25) is 0 Å². The lowest BCUT2D eigenvalue weighted by atomic mass is 9.93. The lowest BCUT2D eigenvalue weighted by molar-refractivity contribution is -0.294. The summed E-state index contributed by atoms with van der Waals surface area (Å²) >= 11 is 0. The Morgan fingerprint density at radius 2 is 1.36 bits per heavy atom. The molecule has 13 nitrogen and oxygen atoms in total. The van der Waals surface area contributed by atoms with Gasteiger partial charge >= 0.3 is 23.9 Å². The summed E-state index contributed by atoms with van der Waals surface area (Å²) in [6.07, 6.45) is -8.34. The Morgan fingerprint density at radius 3 is 1.95 bits per heavy atom. The molecule has 0 amide bonds. The van der Waals surface area contributed by atoms with Crippen LogP contribution in [0.3, 0.4) is 0 Å². The zero-order chi connectivity index (χ0) is 44.1. The second-order valence-electron chi connectivity index (χ2n) is 16.4. The van der Waals surface area contributed by atoms with E-state index in [-0.39, 0.29) is 18.5 Å². The van der Waals surface area contributed by atoms with E-state index in [2.05, 4.69) is 22.0 Å². The van der Waals surface area contributed by atoms with Crippen LogP contribution in [0.1, 0.15) is 105 Å². The van der Waals surface area contributed by atoms with Crippen molar-refractivity contribution in [3.05, 3.63) is 53.1 Å². The van der Waals surface area contributed by atoms with E-state index in [4.69, 9.17) is 33.9 Å². The number of phenols is 1. The SMILES string of the molecule is [2H]CC(C)(C)C(=O)OC[C@H]1OC(Oc2n[nH]c3cccc(C#Cc4ccc(O)c(C)c4)c23)[C@H](OC(=O)C(C)(C)C[2H])[C@@H](OC(=O)C(C)(C)C[2H])[C@@H]1OC(=O)C(C)(C)C[2H]. The van der Waals surface area contributed by atoms with E-state index in [1.54, 1.807) is 37.3 Å². The molecule has 0 bridgehead atoms. The number of hydrogen-bond acceptors (Lipinski definition) is 12. The highest BCUT2D eigenvalue weighted by Crippen LogP contribution is 2.36. The van der Waals surface area contributed by atoms with E-state index in [1.165, 1.54) is 61.5 Å². The molecule has 1 aliphatic heterocycles. The van der Waals surface area contributed by atoms with Gasteiger partial charge in [0.15, 0.2) is 12.2 Å². The van der Waals surface area contributed by atoms with Crippen molar-refractivity contribution in [2.24, 2.45) is 21.7 Å². The van der Waals surface area contributed by atoms with Crippen molar-refractivity contribution in [1.29, 1.82) is 0 Å². The Kier molecular flexibility index (Phi) is 10.7. The smallest absolute Gasteiger partial charge is 0.311 e. The number of nitrogens with one attached hydrogen (secondary N) is 1. The number of phenolic OH excluding ortho intramolecular Hbond substituents is 1. The Hall–Kier alpha value is -5.09. The quantitative estimate of drug-likeness (QED) is 0.151. The first-order valence-corrected chi connectivity index (χ1v) is 17.6. The summed E-state index contributed by atoms with van der Waals surface area (Å²) in [6, 6.07) is 10.1. The van der Waals surface area contributed by atoms with Gasteiger partial charge in [-0.05, 0) is 126 Å². The number of esters is 4. The maximum atomic E-state index is 13.8. The fourth-order valence-electron chi connectivity index (χ4n) is 4.93. The minimum Gasteiger partial charge on any atom is -0.508 e. The topological polar surface area (TPSA) is 173 Å². The number of fused-ring (bicyclic) bond motifs is 1. The number of benzene rings is 2. The largest absolute Gasteiger partial charge is 0.508 e. The number of ether oxygens (including phenoxy) is 6. The van der Waals surface area contributed by atoms with Crippen LogP contribution in [0.25, 0.3) is 10.9 Å². The fraction of sp³-hybridized carbons (Fsp3) is 0.548. The molecular weight excluding hydrogens is 708 g/mol. The first-order valence-electron chi connectivity index (χ1n) is 20.4. The molecule has 2 heterocycles. The Balaban J connectivity index is 1.92. The fourth-order valence-corrected chi connectivity index (χ4v) is 4.93. The van der Waals surface area contributed by atoms with Crippen molar-refractivity contribution in [2.75, 3.05) is 6.61 Å². The van der Waals surface area contributed by atoms with E-state index in [9.17, 15) is 24.3 Å². The zero-order valence-electron chi connectivity index (χ0n) is 36.9. The van der Waals surface area contributed by atoms with Gasteiger partial charge in [0.25, 0.3) is 0 Å². The summed E-state index contributed by atoms with van der Waals surface area (Å²) in [6.45, 7) is 11.4. The van der Waals surface area contributed by atoms with Gasteiger partial charge in [-0.3, -0.25) is 24.3 Å². The first kappa shape index (κ1) is 36.9. The molecule has 1 unspecified atom stereocenters. The van der Waals surface area contributed by atoms with Crippen LogP contribution >= 0.6 is 0 Å². The summed E-state index contributed by atoms with van der Waals surface area (Å²) in [5.41, 5.74) is -3.28. The highest BCUT2D eigenvalue weighted by atomic mass is 16.7. The second kappa shape index (κ2) is 15.9. The van der Waals surface area contributed by atoms with Gasteiger partial charge in [-0.15, -0.1) is 5.10 Å². The van der Waals surface area contributed by atoms with Gasteiger partial charge in [0.2, 0.25) is 18.3 Å². The molecule has 2 N–H and O–H groups in total. The normalized spacial score (nSPS) is 21.4. The molecule has 5 atom stereocenters. The number of carbonyl (C=O) groups is 4. The number of hydrogen-bond donors (Lipinski definition) is 2. The molecule has 0 radical (unpaired) electrons. The molecular formula is C42H54N2O11. The van der Waals surface area contributed by atoms with Crippen LogP contribution in [0.5, 0.6) is 11.6 Å². The van der Waals surface area contributed by atoms with Gasteiger partial charge in [-0.25, -0.2) is 0 Å². The van der Waals surface area contributed by atoms with Gasteiger partial charge in [-0.2, -0.15) is 0 Å². The Morgan fingerprint density at radius 1 is 0.800 bits per heavy atom. The van der Waals surface area contributed by atoms with Crippen LogP contribution in [0.4, 0.5) is 0 Å². The minimum absolute atomic E-state index is 0.0916. The van der Waals surface area contributed by atoms with E-state index in [0.29, 0.717) is 27.6 Å². The summed E-state index contributed by atoms with van der Waals surface area (Å²) in [7, 11) is 0. The van der Waals surface area contributed by atoms with E-state index in [1.807, 2.05) is 0 Å². The molecule has 2 aromatic carbocycles. The van der Waals surface area contributed by atoms with Crippen LogP contribution < -0.4 is 4.74 Å². The summed E-state index contributed by atoms with van der Waals surface area (Å²) in [4.78, 5) is 54.5. The molecule has 13 heteroatoms. The molecule has 55 heavy (non-hydrogen) atoms. The van der Waals surface area contributed by atoms with Crippen LogP contribution in [-0.4, -0.2) is 76.5 Å². The number of rotatable bonds is 7. The molecule has 0 spiro atoms. The summed E-state index contributed by atoms with van der Waals surface area (Å²) in [5.74, 6) is 2.65. The number of aryl methyl sites for hydroxylation is 1. The van der Waals surface area contributed by atoms with E-state index >= 15 is 0 Å². The van der Waals surface area contributed by atoms with Crippen molar-refractivity contribution in [1.82, 2.24) is 10.2 Å². The van der Waals surface area contributed by atoms with Gasteiger partial charge in [0, 0.05) is 16.6 Å². The third kappa shape index (κ3) is 10.6. The molecule has 0 saturated carbocycles. The Labute approximate surface area is 328 Å². The number of H-pyrrole nitrogens is 1. The standard InChI is InChI=1S/C42H54N2O11/c1-23-21-24(18-20-27(23)45)17-19-25-15-14-16-26-29(25)33(44-43-26)55-34-32(54-38(49)42(11,12)13)31(53-37(48)41(8,9)10)30(52-36(47)40(5,6)7)28(51-34)22-50-35(46)39(2,3)4/h14-16,18,20-21,28,30-32,34,45H,22H2,1-13H3,(H,43,44)/t28-,30-,31+,32-,34?/m1/s1/i2D,5D,8D,11D. The summed E-state index contributed by atoms with van der Waals surface area (Å²) in [5, 5.41) is 17.6. The highest BCUT2D eigenvalue weighted by molar-refractivity contribution is 5.90. The van der Waals surface area contributed by atoms with Crippen LogP contribution in [-0.2, 0) is 42.9 Å². The monoisotopic (exact) mass is 766 g/mol. The maximum absolute atomic E-state index is 13.8. The number of aromatic nitrogens is 2. The van der Waals surface area contributed by atoms with Gasteiger partial charge < -0.3 is 33.5 Å².